The lowest BCUT2D eigenvalue weighted by atomic mass is 9.42. The highest BCUT2D eigenvalue weighted by molar-refractivity contribution is 5.15. The maximum absolute atomic E-state index is 3.68. The topological polar surface area (TPSA) is 15.3 Å². The van der Waals surface area contributed by atoms with Gasteiger partial charge < -0.3 is 5.32 Å². The van der Waals surface area contributed by atoms with Crippen LogP contribution in [0.4, 0.5) is 0 Å². The molecular formula is C18H32N2. The predicted molar refractivity (Wildman–Crippen MR) is 83.8 cm³/mol. The second-order valence-electron chi connectivity index (χ2n) is 9.51. The molecule has 1 aliphatic heterocycles. The van der Waals surface area contributed by atoms with Crippen LogP contribution in [0, 0.1) is 16.7 Å². The van der Waals surface area contributed by atoms with Gasteiger partial charge in [0.1, 0.15) is 0 Å². The molecule has 20 heavy (non-hydrogen) atoms. The molecule has 114 valence electrons. The van der Waals surface area contributed by atoms with Crippen molar-refractivity contribution in [2.24, 2.45) is 16.7 Å². The first-order valence-corrected chi connectivity index (χ1v) is 8.89. The van der Waals surface area contributed by atoms with E-state index < -0.39 is 0 Å². The van der Waals surface area contributed by atoms with E-state index in [-0.39, 0.29) is 0 Å². The second-order valence-corrected chi connectivity index (χ2v) is 9.51. The van der Waals surface area contributed by atoms with E-state index in [0.29, 0.717) is 22.4 Å². The molecule has 1 heterocycles. The molecule has 0 aromatic carbocycles. The fraction of sp³-hybridized carbons (Fsp3) is 1.00. The van der Waals surface area contributed by atoms with Gasteiger partial charge in [-0.2, -0.15) is 0 Å². The molecule has 0 radical (unpaired) electrons. The van der Waals surface area contributed by atoms with Crippen molar-refractivity contribution in [3.05, 3.63) is 0 Å². The summed E-state index contributed by atoms with van der Waals surface area (Å²) in [7, 11) is 0. The number of nitrogens with zero attached hydrogens (tertiary/aromatic N) is 1. The summed E-state index contributed by atoms with van der Waals surface area (Å²) in [5.41, 5.74) is 1.86. The summed E-state index contributed by atoms with van der Waals surface area (Å²) < 4.78 is 0. The number of hydrogen-bond acceptors (Lipinski definition) is 2. The number of hydrogen-bond donors (Lipinski definition) is 1. The first-order chi connectivity index (χ1) is 9.41. The minimum atomic E-state index is 0.559. The fourth-order valence-electron chi connectivity index (χ4n) is 7.28. The smallest absolute Gasteiger partial charge is 0.0223 e. The normalized spacial score (nSPS) is 56.0. The Kier molecular flexibility index (Phi) is 2.87. The minimum absolute atomic E-state index is 0.559. The molecule has 2 heteroatoms. The highest BCUT2D eigenvalue weighted by Crippen LogP contribution is 2.67. The summed E-state index contributed by atoms with van der Waals surface area (Å²) in [6, 6.07) is 0.672. The zero-order valence-corrected chi connectivity index (χ0v) is 13.7. The molecule has 0 aromatic heterocycles. The van der Waals surface area contributed by atoms with E-state index in [2.05, 4.69) is 31.0 Å². The van der Waals surface area contributed by atoms with Crippen molar-refractivity contribution in [2.45, 2.75) is 77.3 Å². The molecule has 1 N–H and O–H groups in total. The van der Waals surface area contributed by atoms with E-state index in [9.17, 15) is 0 Å². The van der Waals surface area contributed by atoms with E-state index in [4.69, 9.17) is 0 Å². The Balaban J connectivity index is 1.66. The Labute approximate surface area is 124 Å². The SMILES string of the molecule is CC1CN(C23CC4CC(C)(CC(C)(C4)C2)C3)CCCN1. The van der Waals surface area contributed by atoms with Crippen molar-refractivity contribution in [3.63, 3.8) is 0 Å². The number of nitrogens with one attached hydrogen (secondary N) is 1. The quantitative estimate of drug-likeness (QED) is 0.789. The van der Waals surface area contributed by atoms with E-state index in [0.717, 1.165) is 5.92 Å². The summed E-state index contributed by atoms with van der Waals surface area (Å²) in [5, 5.41) is 3.68. The molecule has 0 spiro atoms. The van der Waals surface area contributed by atoms with Gasteiger partial charge in [0.05, 0.1) is 0 Å². The van der Waals surface area contributed by atoms with Crippen LogP contribution in [0.1, 0.15) is 65.7 Å². The Morgan fingerprint density at radius 1 is 1.00 bits per heavy atom. The van der Waals surface area contributed by atoms with Crippen LogP contribution in [-0.2, 0) is 0 Å². The maximum atomic E-state index is 3.68. The lowest BCUT2D eigenvalue weighted by molar-refractivity contribution is -0.161. The van der Waals surface area contributed by atoms with Crippen LogP contribution >= 0.6 is 0 Å². The van der Waals surface area contributed by atoms with Crippen molar-refractivity contribution in [1.82, 2.24) is 10.2 Å². The summed E-state index contributed by atoms with van der Waals surface area (Å²) in [6.45, 7) is 11.4. The average Bonchev–Trinajstić information content (AvgIpc) is 2.49. The maximum Gasteiger partial charge on any atom is 0.0223 e. The van der Waals surface area contributed by atoms with Crippen molar-refractivity contribution in [2.75, 3.05) is 19.6 Å². The minimum Gasteiger partial charge on any atom is -0.313 e. The molecule has 0 aromatic rings. The van der Waals surface area contributed by atoms with E-state index >= 15 is 0 Å². The van der Waals surface area contributed by atoms with Gasteiger partial charge in [0, 0.05) is 18.1 Å². The molecule has 5 aliphatic rings. The third-order valence-electron chi connectivity index (χ3n) is 6.86. The van der Waals surface area contributed by atoms with Crippen molar-refractivity contribution in [3.8, 4) is 0 Å². The van der Waals surface area contributed by atoms with Gasteiger partial charge in [0.25, 0.3) is 0 Å². The van der Waals surface area contributed by atoms with E-state index in [1.807, 2.05) is 0 Å². The molecule has 4 aliphatic carbocycles. The molecule has 2 nitrogen and oxygen atoms in total. The van der Waals surface area contributed by atoms with Gasteiger partial charge in [0.15, 0.2) is 0 Å². The van der Waals surface area contributed by atoms with Crippen molar-refractivity contribution < 1.29 is 0 Å². The van der Waals surface area contributed by atoms with Crippen LogP contribution in [0.3, 0.4) is 0 Å². The van der Waals surface area contributed by atoms with Gasteiger partial charge in [-0.25, -0.2) is 0 Å². The summed E-state index contributed by atoms with van der Waals surface area (Å²) in [5.74, 6) is 1.02. The fourth-order valence-corrected chi connectivity index (χ4v) is 7.28. The third-order valence-corrected chi connectivity index (χ3v) is 6.86. The van der Waals surface area contributed by atoms with Crippen LogP contribution in [0.5, 0.6) is 0 Å². The molecular weight excluding hydrogens is 244 g/mol. The van der Waals surface area contributed by atoms with Gasteiger partial charge in [-0.05, 0) is 81.7 Å². The van der Waals surface area contributed by atoms with Crippen LogP contribution < -0.4 is 5.32 Å². The zero-order chi connectivity index (χ0) is 14.0. The Morgan fingerprint density at radius 2 is 1.70 bits per heavy atom. The molecule has 5 rings (SSSR count). The Bertz CT molecular complexity index is 386. The highest BCUT2D eigenvalue weighted by Gasteiger charge is 2.61. The van der Waals surface area contributed by atoms with E-state index in [1.54, 1.807) is 0 Å². The summed E-state index contributed by atoms with van der Waals surface area (Å²) >= 11 is 0. The lowest BCUT2D eigenvalue weighted by Gasteiger charge is -2.68. The molecule has 0 amide bonds. The zero-order valence-electron chi connectivity index (χ0n) is 13.7. The van der Waals surface area contributed by atoms with Crippen LogP contribution in [0.25, 0.3) is 0 Å². The monoisotopic (exact) mass is 276 g/mol. The van der Waals surface area contributed by atoms with Crippen LogP contribution in [0.15, 0.2) is 0 Å². The van der Waals surface area contributed by atoms with Gasteiger partial charge in [-0.15, -0.1) is 0 Å². The van der Waals surface area contributed by atoms with Crippen LogP contribution in [-0.4, -0.2) is 36.1 Å². The molecule has 3 unspecified atom stereocenters. The molecule has 4 bridgehead atoms. The summed E-state index contributed by atoms with van der Waals surface area (Å²) in [6.07, 6.45) is 10.4. The molecule has 5 fully saturated rings. The molecule has 4 saturated carbocycles. The standard InChI is InChI=1S/C18H32N2/c1-14-10-20(6-4-5-19-14)18-9-15-7-16(2,12-18)11-17(3,8-15)13-18/h14-15,19H,4-13H2,1-3H3. The van der Waals surface area contributed by atoms with Gasteiger partial charge in [-0.1, -0.05) is 13.8 Å². The van der Waals surface area contributed by atoms with Gasteiger partial charge in [-0.3, -0.25) is 4.90 Å². The van der Waals surface area contributed by atoms with Crippen LogP contribution in [0.2, 0.25) is 0 Å². The third kappa shape index (κ3) is 2.06. The van der Waals surface area contributed by atoms with Crippen molar-refractivity contribution >= 4 is 0 Å². The molecule has 1 saturated heterocycles. The van der Waals surface area contributed by atoms with Gasteiger partial charge >= 0.3 is 0 Å². The second kappa shape index (κ2) is 4.23. The first kappa shape index (κ1) is 13.6. The number of rotatable bonds is 1. The Hall–Kier alpha value is -0.0800. The predicted octanol–water partition coefficient (Wildman–Crippen LogP) is 3.42. The largest absolute Gasteiger partial charge is 0.313 e. The van der Waals surface area contributed by atoms with Gasteiger partial charge in [0.2, 0.25) is 0 Å². The average molecular weight is 276 g/mol. The lowest BCUT2D eigenvalue weighted by Crippen LogP contribution is -2.66. The highest BCUT2D eigenvalue weighted by atomic mass is 15.2. The Morgan fingerprint density at radius 3 is 2.35 bits per heavy atom. The van der Waals surface area contributed by atoms with E-state index in [1.165, 1.54) is 64.6 Å². The molecule has 3 atom stereocenters. The van der Waals surface area contributed by atoms with Crippen molar-refractivity contribution in [1.29, 1.82) is 0 Å². The first-order valence-electron chi connectivity index (χ1n) is 8.89. The summed E-state index contributed by atoms with van der Waals surface area (Å²) in [4.78, 5) is 2.93.